The molecule has 8 aromatic carbocycles. The summed E-state index contributed by atoms with van der Waals surface area (Å²) >= 11 is 1.79. The molecule has 266 valence electrons. The quantitative estimate of drug-likeness (QED) is 0.176. The van der Waals surface area contributed by atoms with Crippen molar-refractivity contribution in [1.82, 2.24) is 19.5 Å². The number of furan rings is 1. The van der Waals surface area contributed by atoms with E-state index in [2.05, 4.69) is 126 Å². The number of benzene rings is 8. The predicted octanol–water partition coefficient (Wildman–Crippen LogP) is 13.9. The minimum atomic E-state index is 0.653. The van der Waals surface area contributed by atoms with Gasteiger partial charge in [0.2, 0.25) is 0 Å². The van der Waals surface area contributed by atoms with Gasteiger partial charge in [0.25, 0.3) is 0 Å². The topological polar surface area (TPSA) is 56.7 Å². The molecule has 0 atom stereocenters. The molecule has 0 spiro atoms. The van der Waals surface area contributed by atoms with Crippen LogP contribution in [0.5, 0.6) is 0 Å². The Bertz CT molecular complexity index is 3420. The van der Waals surface area contributed by atoms with Gasteiger partial charge in [-0.1, -0.05) is 140 Å². The summed E-state index contributed by atoms with van der Waals surface area (Å²) in [6.07, 6.45) is 0. The zero-order chi connectivity index (χ0) is 37.5. The maximum atomic E-state index is 6.79. The first kappa shape index (κ1) is 31.9. The molecule has 0 aliphatic heterocycles. The van der Waals surface area contributed by atoms with E-state index < -0.39 is 0 Å². The second-order valence-corrected chi connectivity index (χ2v) is 15.5. The maximum absolute atomic E-state index is 6.79. The van der Waals surface area contributed by atoms with E-state index in [0.29, 0.717) is 17.5 Å². The molecular formula is C51H30N4OS. The normalized spacial score (nSPS) is 11.9. The van der Waals surface area contributed by atoms with Gasteiger partial charge in [-0.3, -0.25) is 0 Å². The van der Waals surface area contributed by atoms with Crippen LogP contribution in [0.15, 0.2) is 186 Å². The first-order chi connectivity index (χ1) is 28.2. The fourth-order valence-electron chi connectivity index (χ4n) is 8.38. The van der Waals surface area contributed by atoms with E-state index in [1.54, 1.807) is 11.3 Å². The van der Waals surface area contributed by atoms with Crippen LogP contribution in [0, 0.1) is 0 Å². The average molecular weight is 747 g/mol. The molecule has 0 aliphatic carbocycles. The highest BCUT2D eigenvalue weighted by molar-refractivity contribution is 7.25. The smallest absolute Gasteiger partial charge is 0.164 e. The molecule has 4 heterocycles. The van der Waals surface area contributed by atoms with E-state index in [0.717, 1.165) is 55.4 Å². The van der Waals surface area contributed by atoms with Crippen LogP contribution in [0.2, 0.25) is 0 Å². The molecule has 5 nitrogen and oxygen atoms in total. The van der Waals surface area contributed by atoms with E-state index in [9.17, 15) is 0 Å². The molecule has 0 saturated heterocycles. The highest BCUT2D eigenvalue weighted by Gasteiger charge is 2.18. The lowest BCUT2D eigenvalue weighted by Crippen LogP contribution is -1.99. The van der Waals surface area contributed by atoms with Gasteiger partial charge in [0, 0.05) is 75.7 Å². The summed E-state index contributed by atoms with van der Waals surface area (Å²) in [6, 6.07) is 63.8. The van der Waals surface area contributed by atoms with Crippen LogP contribution < -0.4 is 0 Å². The number of fused-ring (bicyclic) bond motifs is 9. The van der Waals surface area contributed by atoms with Crippen LogP contribution in [0.1, 0.15) is 0 Å². The Kier molecular flexibility index (Phi) is 7.03. The van der Waals surface area contributed by atoms with Crippen molar-refractivity contribution in [2.45, 2.75) is 0 Å². The van der Waals surface area contributed by atoms with E-state index in [1.807, 2.05) is 60.7 Å². The van der Waals surface area contributed by atoms with Crippen molar-refractivity contribution in [2.24, 2.45) is 0 Å². The standard InChI is InChI=1S/C51H30N4OS/c1-3-12-31(13-4-1)49-52-50(32-14-5-2-6-15-32)54-51(53-49)34-23-26-41-40-25-22-33(28-46(40)57-47(41)29-34)36-18-11-19-42-39-27-24-35(30-45(39)56-48(36)42)55-43-20-9-7-16-37(43)38-17-8-10-21-44(38)55/h1-30H. The number of hydrogen-bond acceptors (Lipinski definition) is 5. The summed E-state index contributed by atoms with van der Waals surface area (Å²) in [5.74, 6) is 1.96. The lowest BCUT2D eigenvalue weighted by Gasteiger charge is -2.08. The molecule has 0 fully saturated rings. The summed E-state index contributed by atoms with van der Waals surface area (Å²) in [5, 5.41) is 7.14. The van der Waals surface area contributed by atoms with Crippen molar-refractivity contribution >= 4 is 75.3 Å². The number of nitrogens with zero attached hydrogens (tertiary/aromatic N) is 4. The Hall–Kier alpha value is -7.41. The summed E-state index contributed by atoms with van der Waals surface area (Å²) < 4.78 is 11.5. The fraction of sp³-hybridized carbons (Fsp3) is 0. The SMILES string of the molecule is c1ccc(-c2nc(-c3ccccc3)nc(-c3ccc4c(c3)sc3cc(-c5cccc6c5oc5cc(-n7c8ccccc8c8ccccc87)ccc56)ccc34)n2)cc1. The summed E-state index contributed by atoms with van der Waals surface area (Å²) in [6.45, 7) is 0. The van der Waals surface area contributed by atoms with Crippen LogP contribution in [-0.2, 0) is 0 Å². The third-order valence-corrected chi connectivity index (χ3v) is 12.2. The Balaban J connectivity index is 0.953. The zero-order valence-electron chi connectivity index (χ0n) is 30.4. The molecule has 0 unspecified atom stereocenters. The van der Waals surface area contributed by atoms with E-state index in [1.165, 1.54) is 42.0 Å². The van der Waals surface area contributed by atoms with Gasteiger partial charge in [0.15, 0.2) is 17.5 Å². The third-order valence-electron chi connectivity index (χ3n) is 11.1. The minimum absolute atomic E-state index is 0.653. The van der Waals surface area contributed by atoms with E-state index in [-0.39, 0.29) is 0 Å². The maximum Gasteiger partial charge on any atom is 0.164 e. The number of aromatic nitrogens is 4. The molecule has 6 heteroatoms. The van der Waals surface area contributed by atoms with Gasteiger partial charge < -0.3 is 8.98 Å². The van der Waals surface area contributed by atoms with Gasteiger partial charge in [-0.2, -0.15) is 0 Å². The first-order valence-electron chi connectivity index (χ1n) is 19.0. The van der Waals surface area contributed by atoms with Crippen LogP contribution in [0.3, 0.4) is 0 Å². The molecule has 0 radical (unpaired) electrons. The molecule has 0 bridgehead atoms. The van der Waals surface area contributed by atoms with Gasteiger partial charge in [0.05, 0.1) is 11.0 Å². The Morgan fingerprint density at radius 1 is 0.386 bits per heavy atom. The number of thiophene rings is 1. The molecule has 0 amide bonds. The molecule has 0 N–H and O–H groups in total. The Morgan fingerprint density at radius 2 is 0.912 bits per heavy atom. The first-order valence-corrected chi connectivity index (χ1v) is 19.8. The molecule has 0 saturated carbocycles. The summed E-state index contributed by atoms with van der Waals surface area (Å²) in [4.78, 5) is 14.8. The van der Waals surface area contributed by atoms with Crippen molar-refractivity contribution in [3.63, 3.8) is 0 Å². The van der Waals surface area contributed by atoms with Gasteiger partial charge in [0.1, 0.15) is 11.2 Å². The van der Waals surface area contributed by atoms with E-state index in [4.69, 9.17) is 19.4 Å². The van der Waals surface area contributed by atoms with Gasteiger partial charge in [-0.25, -0.2) is 15.0 Å². The number of para-hydroxylation sites is 3. The van der Waals surface area contributed by atoms with Crippen molar-refractivity contribution in [1.29, 1.82) is 0 Å². The van der Waals surface area contributed by atoms with Crippen LogP contribution in [0.25, 0.3) is 115 Å². The lowest BCUT2D eigenvalue weighted by atomic mass is 10.0. The van der Waals surface area contributed by atoms with E-state index >= 15 is 0 Å². The van der Waals surface area contributed by atoms with Crippen molar-refractivity contribution in [2.75, 3.05) is 0 Å². The Labute approximate surface area is 330 Å². The Morgan fingerprint density at radius 3 is 1.56 bits per heavy atom. The fourth-order valence-corrected chi connectivity index (χ4v) is 9.56. The number of hydrogen-bond donors (Lipinski definition) is 0. The van der Waals surface area contributed by atoms with Crippen LogP contribution >= 0.6 is 11.3 Å². The monoisotopic (exact) mass is 746 g/mol. The second-order valence-electron chi connectivity index (χ2n) is 14.4. The van der Waals surface area contributed by atoms with Crippen LogP contribution in [0.4, 0.5) is 0 Å². The summed E-state index contributed by atoms with van der Waals surface area (Å²) in [7, 11) is 0. The van der Waals surface area contributed by atoms with Crippen molar-refractivity contribution in [3.8, 4) is 51.0 Å². The van der Waals surface area contributed by atoms with Gasteiger partial charge >= 0.3 is 0 Å². The van der Waals surface area contributed by atoms with Gasteiger partial charge in [-0.05, 0) is 42.0 Å². The predicted molar refractivity (Wildman–Crippen MR) is 236 cm³/mol. The molecule has 12 aromatic rings. The molecular weight excluding hydrogens is 717 g/mol. The molecule has 57 heavy (non-hydrogen) atoms. The minimum Gasteiger partial charge on any atom is -0.455 e. The molecule has 12 rings (SSSR count). The lowest BCUT2D eigenvalue weighted by molar-refractivity contribution is 0.669. The largest absolute Gasteiger partial charge is 0.455 e. The van der Waals surface area contributed by atoms with Gasteiger partial charge in [-0.15, -0.1) is 11.3 Å². The highest BCUT2D eigenvalue weighted by atomic mass is 32.1. The third kappa shape index (κ3) is 5.12. The van der Waals surface area contributed by atoms with Crippen molar-refractivity contribution in [3.05, 3.63) is 182 Å². The highest BCUT2D eigenvalue weighted by Crippen LogP contribution is 2.42. The molecule has 4 aromatic heterocycles. The second kappa shape index (κ2) is 12.6. The van der Waals surface area contributed by atoms with Crippen molar-refractivity contribution < 1.29 is 4.42 Å². The average Bonchev–Trinajstić information content (AvgIpc) is 3.95. The number of rotatable bonds is 5. The molecule has 0 aliphatic rings. The zero-order valence-corrected chi connectivity index (χ0v) is 31.2. The van der Waals surface area contributed by atoms with Crippen LogP contribution in [-0.4, -0.2) is 19.5 Å². The summed E-state index contributed by atoms with van der Waals surface area (Å²) in [5.41, 5.74) is 10.3.